The molecule has 126 valence electrons. The van der Waals surface area contributed by atoms with Gasteiger partial charge in [0.2, 0.25) is 0 Å². The van der Waals surface area contributed by atoms with Gasteiger partial charge in [-0.2, -0.15) is 5.10 Å². The van der Waals surface area contributed by atoms with Gasteiger partial charge in [-0.05, 0) is 30.3 Å². The van der Waals surface area contributed by atoms with Crippen molar-refractivity contribution in [3.63, 3.8) is 0 Å². The van der Waals surface area contributed by atoms with E-state index < -0.39 is 4.92 Å². The maximum absolute atomic E-state index is 11.0. The number of rotatable bonds is 6. The van der Waals surface area contributed by atoms with Gasteiger partial charge in [0.25, 0.3) is 5.69 Å². The fourth-order valence-corrected chi connectivity index (χ4v) is 2.25. The molecule has 1 N–H and O–H groups in total. The van der Waals surface area contributed by atoms with Crippen LogP contribution in [-0.2, 0) is 0 Å². The lowest BCUT2D eigenvalue weighted by atomic mass is 10.1. The summed E-state index contributed by atoms with van der Waals surface area (Å²) in [6.45, 7) is 0. The van der Waals surface area contributed by atoms with Gasteiger partial charge in [-0.25, -0.2) is 0 Å². The Hall–Kier alpha value is -3.61. The quantitative estimate of drug-likeness (QED) is 0.411. The third kappa shape index (κ3) is 3.84. The van der Waals surface area contributed by atoms with Crippen molar-refractivity contribution in [3.05, 3.63) is 76.5 Å². The lowest BCUT2D eigenvalue weighted by Crippen LogP contribution is -1.92. The van der Waals surface area contributed by atoms with E-state index in [1.807, 2.05) is 30.3 Å². The number of furan rings is 1. The topological polar surface area (TPSA) is 89.9 Å². The lowest BCUT2D eigenvalue weighted by Gasteiger charge is -2.05. The van der Waals surface area contributed by atoms with Crippen molar-refractivity contribution in [2.24, 2.45) is 5.10 Å². The minimum absolute atomic E-state index is 0.0341. The summed E-state index contributed by atoms with van der Waals surface area (Å²) in [5, 5.41) is 15.1. The number of benzene rings is 2. The fraction of sp³-hybridized carbons (Fsp3) is 0.0556. The second-order valence-corrected chi connectivity index (χ2v) is 5.08. The molecule has 0 atom stereocenters. The summed E-state index contributed by atoms with van der Waals surface area (Å²) in [7, 11) is 1.50. The third-order valence-electron chi connectivity index (χ3n) is 3.45. The van der Waals surface area contributed by atoms with Crippen molar-refractivity contribution in [3.8, 4) is 17.1 Å². The molecule has 0 aliphatic rings. The van der Waals surface area contributed by atoms with Crippen molar-refractivity contribution < 1.29 is 14.1 Å². The summed E-state index contributed by atoms with van der Waals surface area (Å²) in [5.41, 5.74) is 4.21. The standard InChI is InChI=1S/C18H15N3O4/c1-24-17-9-7-14(21(22)23)11-16(17)18-10-8-15(25-18)12-19-20-13-5-3-2-4-6-13/h2-12,20H,1H3/b19-12+. The molecule has 1 heterocycles. The highest BCUT2D eigenvalue weighted by molar-refractivity contribution is 5.79. The first kappa shape index (κ1) is 16.3. The van der Waals surface area contributed by atoms with Crippen LogP contribution in [0.5, 0.6) is 5.75 Å². The smallest absolute Gasteiger partial charge is 0.270 e. The highest BCUT2D eigenvalue weighted by atomic mass is 16.6. The maximum atomic E-state index is 11.0. The number of hydrogen-bond donors (Lipinski definition) is 1. The normalized spacial score (nSPS) is 10.8. The molecule has 0 saturated carbocycles. The van der Waals surface area contributed by atoms with Crippen LogP contribution in [0.15, 0.2) is 70.2 Å². The first-order valence-electron chi connectivity index (χ1n) is 7.44. The Morgan fingerprint density at radius 1 is 1.16 bits per heavy atom. The minimum atomic E-state index is -0.460. The molecule has 7 heteroatoms. The van der Waals surface area contributed by atoms with Crippen LogP contribution in [-0.4, -0.2) is 18.2 Å². The number of anilines is 1. The van der Waals surface area contributed by atoms with E-state index >= 15 is 0 Å². The van der Waals surface area contributed by atoms with Crippen LogP contribution in [0.2, 0.25) is 0 Å². The van der Waals surface area contributed by atoms with Crippen molar-refractivity contribution in [1.82, 2.24) is 0 Å². The van der Waals surface area contributed by atoms with Gasteiger partial charge in [0.15, 0.2) is 0 Å². The van der Waals surface area contributed by atoms with E-state index in [9.17, 15) is 10.1 Å². The molecule has 3 aromatic rings. The molecule has 0 amide bonds. The molecular weight excluding hydrogens is 322 g/mol. The number of para-hydroxylation sites is 1. The predicted molar refractivity (Wildman–Crippen MR) is 95.0 cm³/mol. The number of hydrogen-bond acceptors (Lipinski definition) is 6. The van der Waals surface area contributed by atoms with Crippen LogP contribution in [0.1, 0.15) is 5.76 Å². The molecule has 0 aliphatic carbocycles. The van der Waals surface area contributed by atoms with Crippen molar-refractivity contribution in [2.45, 2.75) is 0 Å². The zero-order valence-electron chi connectivity index (χ0n) is 13.4. The number of hydrazone groups is 1. The Balaban J connectivity index is 1.81. The summed E-state index contributed by atoms with van der Waals surface area (Å²) < 4.78 is 10.9. The Morgan fingerprint density at radius 3 is 2.68 bits per heavy atom. The highest BCUT2D eigenvalue weighted by Gasteiger charge is 2.15. The molecule has 0 fully saturated rings. The van der Waals surface area contributed by atoms with Crippen molar-refractivity contribution >= 4 is 17.6 Å². The monoisotopic (exact) mass is 337 g/mol. The van der Waals surface area contributed by atoms with Crippen LogP contribution in [0.4, 0.5) is 11.4 Å². The maximum Gasteiger partial charge on any atom is 0.270 e. The van der Waals surface area contributed by atoms with Crippen LogP contribution < -0.4 is 10.2 Å². The van der Waals surface area contributed by atoms with Gasteiger partial charge in [-0.3, -0.25) is 15.5 Å². The number of nitro benzene ring substituents is 1. The zero-order valence-corrected chi connectivity index (χ0v) is 13.4. The molecule has 0 spiro atoms. The highest BCUT2D eigenvalue weighted by Crippen LogP contribution is 2.34. The average molecular weight is 337 g/mol. The lowest BCUT2D eigenvalue weighted by molar-refractivity contribution is -0.384. The van der Waals surface area contributed by atoms with E-state index in [0.717, 1.165) is 5.69 Å². The fourth-order valence-electron chi connectivity index (χ4n) is 2.25. The van der Waals surface area contributed by atoms with Gasteiger partial charge >= 0.3 is 0 Å². The van der Waals surface area contributed by atoms with Gasteiger partial charge in [0.1, 0.15) is 17.3 Å². The number of nitrogens with one attached hydrogen (secondary N) is 1. The van der Waals surface area contributed by atoms with Gasteiger partial charge < -0.3 is 9.15 Å². The molecule has 25 heavy (non-hydrogen) atoms. The Kier molecular flexibility index (Phi) is 4.75. The minimum Gasteiger partial charge on any atom is -0.496 e. The van der Waals surface area contributed by atoms with E-state index in [2.05, 4.69) is 10.5 Å². The Morgan fingerprint density at radius 2 is 1.96 bits per heavy atom. The second-order valence-electron chi connectivity index (χ2n) is 5.08. The summed E-state index contributed by atoms with van der Waals surface area (Å²) in [6, 6.07) is 17.3. The zero-order chi connectivity index (χ0) is 17.6. The molecule has 0 aliphatic heterocycles. The third-order valence-corrected chi connectivity index (χ3v) is 3.45. The Labute approximate surface area is 143 Å². The van der Waals surface area contributed by atoms with E-state index in [1.165, 1.54) is 25.5 Å². The van der Waals surface area contributed by atoms with Gasteiger partial charge in [0.05, 0.1) is 29.5 Å². The van der Waals surface area contributed by atoms with Crippen LogP contribution in [0.25, 0.3) is 11.3 Å². The first-order valence-corrected chi connectivity index (χ1v) is 7.44. The predicted octanol–water partition coefficient (Wildman–Crippen LogP) is 4.31. The molecule has 0 bridgehead atoms. The van der Waals surface area contributed by atoms with Crippen LogP contribution in [0, 0.1) is 10.1 Å². The van der Waals surface area contributed by atoms with E-state index in [4.69, 9.17) is 9.15 Å². The van der Waals surface area contributed by atoms with Crippen molar-refractivity contribution in [2.75, 3.05) is 12.5 Å². The van der Waals surface area contributed by atoms with E-state index in [-0.39, 0.29) is 5.69 Å². The summed E-state index contributed by atoms with van der Waals surface area (Å²) in [4.78, 5) is 10.5. The summed E-state index contributed by atoms with van der Waals surface area (Å²) in [5.74, 6) is 1.46. The molecule has 0 saturated heterocycles. The number of nitrogens with zero attached hydrogens (tertiary/aromatic N) is 2. The van der Waals surface area contributed by atoms with Crippen LogP contribution in [0.3, 0.4) is 0 Å². The van der Waals surface area contributed by atoms with Crippen molar-refractivity contribution in [1.29, 1.82) is 0 Å². The molecule has 0 radical (unpaired) electrons. The van der Waals surface area contributed by atoms with Gasteiger partial charge in [-0.15, -0.1) is 0 Å². The number of non-ortho nitro benzene ring substituents is 1. The molecule has 0 unspecified atom stereocenters. The molecular formula is C18H15N3O4. The Bertz CT molecular complexity index is 904. The summed E-state index contributed by atoms with van der Waals surface area (Å²) in [6.07, 6.45) is 1.53. The van der Waals surface area contributed by atoms with E-state index in [0.29, 0.717) is 22.8 Å². The van der Waals surface area contributed by atoms with Gasteiger partial charge in [0, 0.05) is 12.1 Å². The molecule has 2 aromatic carbocycles. The van der Waals surface area contributed by atoms with Gasteiger partial charge in [-0.1, -0.05) is 18.2 Å². The first-order chi connectivity index (χ1) is 12.2. The molecule has 3 rings (SSSR count). The SMILES string of the molecule is COc1ccc([N+](=O)[O-])cc1-c1ccc(/C=N/Nc2ccccc2)o1. The molecule has 7 nitrogen and oxygen atoms in total. The average Bonchev–Trinajstić information content (AvgIpc) is 3.10. The number of methoxy groups -OCH3 is 1. The molecule has 1 aromatic heterocycles. The number of ether oxygens (including phenoxy) is 1. The van der Waals surface area contributed by atoms with E-state index in [1.54, 1.807) is 18.2 Å². The number of nitro groups is 1. The van der Waals surface area contributed by atoms with Crippen LogP contribution >= 0.6 is 0 Å². The second kappa shape index (κ2) is 7.31. The largest absolute Gasteiger partial charge is 0.496 e. The summed E-state index contributed by atoms with van der Waals surface area (Å²) >= 11 is 0.